The number of oxime groups is 1. The first-order valence-corrected chi connectivity index (χ1v) is 5.42. The minimum atomic E-state index is -0.954. The van der Waals surface area contributed by atoms with E-state index in [0.717, 1.165) is 0 Å². The zero-order valence-corrected chi connectivity index (χ0v) is 9.63. The first-order valence-electron chi connectivity index (χ1n) is 5.04. The highest BCUT2D eigenvalue weighted by Gasteiger charge is 2.33. The zero-order chi connectivity index (χ0) is 12.7. The molecule has 0 aromatic carbocycles. The van der Waals surface area contributed by atoms with Crippen molar-refractivity contribution in [1.82, 2.24) is 4.98 Å². The Kier molecular flexibility index (Phi) is 2.38. The van der Waals surface area contributed by atoms with Crippen molar-refractivity contribution in [3.05, 3.63) is 28.9 Å². The van der Waals surface area contributed by atoms with E-state index in [0.29, 0.717) is 22.6 Å². The fourth-order valence-electron chi connectivity index (χ4n) is 1.87. The lowest BCUT2D eigenvalue weighted by Crippen LogP contribution is -2.40. The van der Waals surface area contributed by atoms with Crippen molar-refractivity contribution in [1.29, 1.82) is 0 Å². The van der Waals surface area contributed by atoms with Crippen LogP contribution in [-0.4, -0.2) is 34.1 Å². The van der Waals surface area contributed by atoms with Crippen molar-refractivity contribution in [3.63, 3.8) is 0 Å². The second kappa shape index (κ2) is 3.92. The molecule has 0 fully saturated rings. The Morgan fingerprint density at radius 3 is 3.11 bits per heavy atom. The number of halogens is 1. The Hall–Kier alpha value is -2.21. The molecule has 3 rings (SSSR count). The van der Waals surface area contributed by atoms with Gasteiger partial charge in [0.15, 0.2) is 17.8 Å². The number of carbonyl (C=O) groups excluding carboxylic acids is 1. The van der Waals surface area contributed by atoms with Crippen molar-refractivity contribution in [2.75, 3.05) is 0 Å². The predicted molar refractivity (Wildman–Crippen MR) is 63.7 cm³/mol. The Morgan fingerprint density at radius 2 is 2.39 bits per heavy atom. The van der Waals surface area contributed by atoms with Gasteiger partial charge in [-0.25, -0.2) is 4.99 Å². The van der Waals surface area contributed by atoms with Gasteiger partial charge in [-0.05, 0) is 12.1 Å². The molecule has 18 heavy (non-hydrogen) atoms. The van der Waals surface area contributed by atoms with Crippen LogP contribution in [0.5, 0.6) is 0 Å². The van der Waals surface area contributed by atoms with E-state index < -0.39 is 6.23 Å². The molecule has 0 bridgehead atoms. The highest BCUT2D eigenvalue weighted by Crippen LogP contribution is 2.21. The first-order chi connectivity index (χ1) is 8.76. The van der Waals surface area contributed by atoms with Gasteiger partial charge in [-0.2, -0.15) is 0 Å². The first kappa shape index (κ1) is 10.9. The maximum Gasteiger partial charge on any atom is 0.246 e. The fourth-order valence-corrected chi connectivity index (χ4v) is 2.15. The van der Waals surface area contributed by atoms with Gasteiger partial charge in [0, 0.05) is 11.4 Å². The number of hydrogen-bond donors (Lipinski definition) is 1. The summed E-state index contributed by atoms with van der Waals surface area (Å²) in [5.74, 6) is 0.305. The molecule has 0 saturated heterocycles. The van der Waals surface area contributed by atoms with E-state index in [-0.39, 0.29) is 16.5 Å². The lowest BCUT2D eigenvalue weighted by Gasteiger charge is -2.10. The third-order valence-corrected chi connectivity index (χ3v) is 3.00. The van der Waals surface area contributed by atoms with Crippen LogP contribution in [0.15, 0.2) is 28.5 Å². The van der Waals surface area contributed by atoms with Crippen LogP contribution >= 0.6 is 11.6 Å². The van der Waals surface area contributed by atoms with Crippen LogP contribution in [0.25, 0.3) is 10.8 Å². The van der Waals surface area contributed by atoms with E-state index >= 15 is 0 Å². The Labute approximate surface area is 106 Å². The third-order valence-electron chi connectivity index (χ3n) is 2.62. The van der Waals surface area contributed by atoms with Gasteiger partial charge < -0.3 is 9.94 Å². The van der Waals surface area contributed by atoms with Gasteiger partial charge in [0.2, 0.25) is 6.23 Å². The molecule has 6 nitrogen and oxygen atoms in total. The summed E-state index contributed by atoms with van der Waals surface area (Å²) in [6.07, 6.45) is 1.17. The van der Waals surface area contributed by atoms with Crippen molar-refractivity contribution < 1.29 is 14.7 Å². The molecule has 1 aliphatic heterocycles. The second-order valence-corrected chi connectivity index (χ2v) is 3.99. The van der Waals surface area contributed by atoms with Crippen LogP contribution in [0, 0.1) is 0 Å². The molecule has 1 aliphatic carbocycles. The molecule has 1 atom stereocenters. The van der Waals surface area contributed by atoms with Crippen molar-refractivity contribution in [3.8, 4) is 0 Å². The van der Waals surface area contributed by atoms with Gasteiger partial charge in [0.25, 0.3) is 0 Å². The number of rotatable bonds is 1. The zero-order valence-electron chi connectivity index (χ0n) is 8.87. The van der Waals surface area contributed by atoms with Crippen molar-refractivity contribution in [2.45, 2.75) is 6.23 Å². The number of ether oxygens (including phenoxy) is 1. The lowest BCUT2D eigenvalue weighted by molar-refractivity contribution is -0.113. The minimum Gasteiger partial charge on any atom is -0.457 e. The van der Waals surface area contributed by atoms with Gasteiger partial charge in [-0.3, -0.25) is 9.78 Å². The number of aldehydes is 1. The Morgan fingerprint density at radius 1 is 1.56 bits per heavy atom. The van der Waals surface area contributed by atoms with Gasteiger partial charge in [-0.1, -0.05) is 16.8 Å². The maximum absolute atomic E-state index is 10.7. The lowest BCUT2D eigenvalue weighted by atomic mass is 10.1. The van der Waals surface area contributed by atoms with Crippen LogP contribution in [0.4, 0.5) is 0 Å². The van der Waals surface area contributed by atoms with Gasteiger partial charge in [-0.15, -0.1) is 0 Å². The van der Waals surface area contributed by atoms with E-state index in [1.807, 2.05) is 0 Å². The molecule has 1 N–H and O–H groups in total. The van der Waals surface area contributed by atoms with Crippen LogP contribution < -0.4 is 10.6 Å². The predicted octanol–water partition coefficient (Wildman–Crippen LogP) is -0.623. The van der Waals surface area contributed by atoms with Gasteiger partial charge in [0.1, 0.15) is 11.1 Å². The number of nitrogens with zero attached hydrogens (tertiary/aromatic N) is 3. The largest absolute Gasteiger partial charge is 0.457 e. The molecule has 0 amide bonds. The summed E-state index contributed by atoms with van der Waals surface area (Å²) in [5, 5.41) is 13.4. The highest BCUT2D eigenvalue weighted by atomic mass is 35.5. The molecular formula is C11H6ClN3O3. The summed E-state index contributed by atoms with van der Waals surface area (Å²) in [6, 6.07) is 3.42. The van der Waals surface area contributed by atoms with E-state index in [9.17, 15) is 4.79 Å². The molecule has 1 aromatic heterocycles. The smallest absolute Gasteiger partial charge is 0.246 e. The molecule has 7 heteroatoms. The van der Waals surface area contributed by atoms with Crippen LogP contribution in [0.2, 0.25) is 0 Å². The molecule has 0 spiro atoms. The normalized spacial score (nSPS) is 23.3. The van der Waals surface area contributed by atoms with E-state index in [2.05, 4.69) is 15.1 Å². The summed E-state index contributed by atoms with van der Waals surface area (Å²) in [4.78, 5) is 18.9. The number of aliphatic imine (C=N–C) groups is 1. The molecule has 0 saturated carbocycles. The second-order valence-electron chi connectivity index (χ2n) is 3.61. The number of aromatic nitrogens is 1. The van der Waals surface area contributed by atoms with Gasteiger partial charge >= 0.3 is 0 Å². The standard InChI is InChI=1S/C11H6ClN3O3/c12-7-5-2-1-3-13-8(5)11-10(9(7)15-17)14-6(4-16)18-11/h1-4,6,17H. The van der Waals surface area contributed by atoms with Crippen molar-refractivity contribution >= 4 is 40.1 Å². The monoisotopic (exact) mass is 263 g/mol. The number of pyridine rings is 1. The summed E-state index contributed by atoms with van der Waals surface area (Å²) in [7, 11) is 0. The highest BCUT2D eigenvalue weighted by molar-refractivity contribution is 6.79. The molecule has 2 heterocycles. The van der Waals surface area contributed by atoms with Crippen LogP contribution in [0.1, 0.15) is 0 Å². The molecule has 90 valence electrons. The average Bonchev–Trinajstić information content (AvgIpc) is 2.84. The maximum atomic E-state index is 10.7. The molecule has 1 aromatic rings. The summed E-state index contributed by atoms with van der Waals surface area (Å²) in [6.45, 7) is 0. The quantitative estimate of drug-likeness (QED) is 0.416. The number of hydrogen-bond acceptors (Lipinski definition) is 6. The van der Waals surface area contributed by atoms with E-state index in [1.54, 1.807) is 18.3 Å². The molecular weight excluding hydrogens is 258 g/mol. The Balaban J connectivity index is 2.43. The van der Waals surface area contributed by atoms with Gasteiger partial charge in [0.05, 0.1) is 5.03 Å². The fraction of sp³-hybridized carbons (Fsp3) is 0.0909. The molecule has 1 unspecified atom stereocenters. The number of carbonyl (C=O) groups is 1. The van der Waals surface area contributed by atoms with Crippen molar-refractivity contribution in [2.24, 2.45) is 10.1 Å². The summed E-state index contributed by atoms with van der Waals surface area (Å²) in [5.41, 5.74) is 0.322. The van der Waals surface area contributed by atoms with Crippen LogP contribution in [-0.2, 0) is 9.53 Å². The molecule has 0 radical (unpaired) electrons. The SMILES string of the molecule is O=CC1N=C2C(=NO)C(Cl)=c3cccnc3=C2O1. The number of fused-ring (bicyclic) bond motifs is 2. The molecule has 2 aliphatic rings. The van der Waals surface area contributed by atoms with E-state index in [1.165, 1.54) is 0 Å². The average molecular weight is 264 g/mol. The summed E-state index contributed by atoms with van der Waals surface area (Å²) >= 11 is 6.12. The van der Waals surface area contributed by atoms with Crippen LogP contribution in [0.3, 0.4) is 0 Å². The summed E-state index contributed by atoms with van der Waals surface area (Å²) < 4.78 is 5.34. The van der Waals surface area contributed by atoms with E-state index in [4.69, 9.17) is 21.5 Å². The Bertz CT molecular complexity index is 723. The third kappa shape index (κ3) is 1.36. The topological polar surface area (TPSA) is 84.1 Å². The minimum absolute atomic E-state index is 0.0801.